The highest BCUT2D eigenvalue weighted by atomic mass is 32.1. The van der Waals surface area contributed by atoms with Crippen LogP contribution in [0, 0.1) is 24.1 Å². The predicted molar refractivity (Wildman–Crippen MR) is 125 cm³/mol. The maximum absolute atomic E-state index is 13.4. The first-order valence-electron chi connectivity index (χ1n) is 11.2. The normalized spacial score (nSPS) is 16.9. The number of aromatic nitrogens is 1. The van der Waals surface area contributed by atoms with Crippen LogP contribution in [-0.4, -0.2) is 41.2 Å². The van der Waals surface area contributed by atoms with Gasteiger partial charge in [0.2, 0.25) is 5.91 Å². The first-order valence-corrected chi connectivity index (χ1v) is 12.0. The molecule has 2 heterocycles. The Hall–Kier alpha value is -3.47. The molecule has 0 bridgehead atoms. The predicted octanol–water partition coefficient (Wildman–Crippen LogP) is 5.65. The minimum atomic E-state index is -4.76. The molecule has 2 fully saturated rings. The summed E-state index contributed by atoms with van der Waals surface area (Å²) >= 11 is 1.17. The summed E-state index contributed by atoms with van der Waals surface area (Å²) in [6.45, 7) is 2.75. The molecule has 2 aromatic carbocycles. The average Bonchev–Trinajstić information content (AvgIpc) is 3.24. The topological polar surface area (TPSA) is 71.5 Å². The molecule has 36 heavy (non-hydrogen) atoms. The fourth-order valence-corrected chi connectivity index (χ4v) is 5.65. The Morgan fingerprint density at radius 1 is 1.14 bits per heavy atom. The molecule has 1 N–H and O–H groups in total. The molecule has 6 nitrogen and oxygen atoms in total. The van der Waals surface area contributed by atoms with E-state index in [-0.39, 0.29) is 34.7 Å². The Bertz CT molecular complexity index is 1310. The summed E-state index contributed by atoms with van der Waals surface area (Å²) in [4.78, 5) is 31.8. The summed E-state index contributed by atoms with van der Waals surface area (Å²) in [6.07, 6.45) is -1.93. The Kier molecular flexibility index (Phi) is 5.98. The van der Waals surface area contributed by atoms with Crippen LogP contribution in [0.25, 0.3) is 10.6 Å². The summed E-state index contributed by atoms with van der Waals surface area (Å²) < 4.78 is 54.3. The molecule has 11 heteroatoms. The molecule has 5 rings (SSSR count). The molecule has 1 aliphatic heterocycles. The number of ether oxygens (including phenoxy) is 1. The van der Waals surface area contributed by atoms with E-state index in [1.54, 1.807) is 17.9 Å². The number of carbonyl (C=O) groups excluding carboxylic acids is 2. The Morgan fingerprint density at radius 2 is 1.83 bits per heavy atom. The van der Waals surface area contributed by atoms with Crippen molar-refractivity contribution < 1.29 is 31.9 Å². The van der Waals surface area contributed by atoms with Gasteiger partial charge in [0, 0.05) is 35.7 Å². The third-order valence-corrected chi connectivity index (χ3v) is 7.58. The Morgan fingerprint density at radius 3 is 2.47 bits per heavy atom. The fourth-order valence-electron chi connectivity index (χ4n) is 4.76. The van der Waals surface area contributed by atoms with Crippen molar-refractivity contribution in [1.29, 1.82) is 0 Å². The standard InChI is InChI=1S/C25H21F4N3O3S/c1-14-8-17(4-7-19(14)26)31-21(33)16-9-24(10-16)12-32(13-24)23(34)20-11-30-22(36-20)15-2-5-18(6-3-15)35-25(27,28)29/h2-8,11,16H,9-10,12-13H2,1H3,(H,31,33). The lowest BCUT2D eigenvalue weighted by molar-refractivity contribution is -0.274. The number of nitrogens with zero attached hydrogens (tertiary/aromatic N) is 2. The van der Waals surface area contributed by atoms with Crippen molar-refractivity contribution in [3.05, 3.63) is 64.9 Å². The van der Waals surface area contributed by atoms with Gasteiger partial charge in [-0.2, -0.15) is 0 Å². The molecule has 1 saturated carbocycles. The van der Waals surface area contributed by atoms with Crippen molar-refractivity contribution in [1.82, 2.24) is 9.88 Å². The Labute approximate surface area is 207 Å². The summed E-state index contributed by atoms with van der Waals surface area (Å²) in [5, 5.41) is 3.35. The number of amides is 2. The first-order chi connectivity index (χ1) is 17.0. The number of likely N-dealkylation sites (tertiary alicyclic amines) is 1. The number of anilines is 1. The number of hydrogen-bond donors (Lipinski definition) is 1. The van der Waals surface area contributed by atoms with E-state index >= 15 is 0 Å². The third-order valence-electron chi connectivity index (χ3n) is 6.55. The van der Waals surface area contributed by atoms with Crippen LogP contribution in [0.3, 0.4) is 0 Å². The molecule has 1 spiro atoms. The second-order valence-corrected chi connectivity index (χ2v) is 10.4. The molecule has 0 radical (unpaired) electrons. The van der Waals surface area contributed by atoms with Crippen molar-refractivity contribution in [2.75, 3.05) is 18.4 Å². The minimum Gasteiger partial charge on any atom is -0.406 e. The van der Waals surface area contributed by atoms with Crippen LogP contribution in [0.1, 0.15) is 28.1 Å². The lowest BCUT2D eigenvalue weighted by atomic mass is 9.57. The van der Waals surface area contributed by atoms with Gasteiger partial charge in [-0.3, -0.25) is 9.59 Å². The smallest absolute Gasteiger partial charge is 0.406 e. The molecule has 188 valence electrons. The third kappa shape index (κ3) is 4.92. The van der Waals surface area contributed by atoms with E-state index < -0.39 is 6.36 Å². The zero-order valence-electron chi connectivity index (χ0n) is 19.1. The number of aryl methyl sites for hydroxylation is 1. The van der Waals surface area contributed by atoms with Crippen LogP contribution in [0.15, 0.2) is 48.7 Å². The van der Waals surface area contributed by atoms with Gasteiger partial charge in [0.1, 0.15) is 21.5 Å². The maximum atomic E-state index is 13.4. The van der Waals surface area contributed by atoms with Crippen LogP contribution in [0.5, 0.6) is 5.75 Å². The van der Waals surface area contributed by atoms with Crippen molar-refractivity contribution >= 4 is 28.8 Å². The van der Waals surface area contributed by atoms with E-state index in [1.165, 1.54) is 53.9 Å². The number of rotatable bonds is 5. The van der Waals surface area contributed by atoms with Gasteiger partial charge < -0.3 is 15.0 Å². The Balaban J connectivity index is 1.12. The van der Waals surface area contributed by atoms with Gasteiger partial charge >= 0.3 is 6.36 Å². The van der Waals surface area contributed by atoms with Crippen LogP contribution in [0.2, 0.25) is 0 Å². The van der Waals surface area contributed by atoms with E-state index in [4.69, 9.17) is 0 Å². The number of alkyl halides is 3. The second-order valence-electron chi connectivity index (χ2n) is 9.32. The van der Waals surface area contributed by atoms with Gasteiger partial charge in [-0.1, -0.05) is 0 Å². The van der Waals surface area contributed by atoms with Gasteiger partial charge in [0.15, 0.2) is 0 Å². The molecule has 2 aliphatic rings. The molecule has 1 aliphatic carbocycles. The van der Waals surface area contributed by atoms with Gasteiger partial charge in [-0.05, 0) is 67.8 Å². The zero-order valence-corrected chi connectivity index (χ0v) is 19.9. The molecule has 0 atom stereocenters. The van der Waals surface area contributed by atoms with Crippen LogP contribution in [0.4, 0.5) is 23.2 Å². The highest BCUT2D eigenvalue weighted by Gasteiger charge is 2.55. The average molecular weight is 520 g/mol. The SMILES string of the molecule is Cc1cc(NC(=O)C2CC3(C2)CN(C(=O)c2cnc(-c4ccc(OC(F)(F)F)cc4)s2)C3)ccc1F. The van der Waals surface area contributed by atoms with Crippen molar-refractivity contribution in [3.8, 4) is 16.3 Å². The lowest BCUT2D eigenvalue weighted by Gasteiger charge is -2.58. The van der Waals surface area contributed by atoms with E-state index in [0.29, 0.717) is 52.6 Å². The van der Waals surface area contributed by atoms with Crippen LogP contribution < -0.4 is 10.1 Å². The zero-order chi connectivity index (χ0) is 25.7. The number of halogens is 4. The molecule has 1 aromatic heterocycles. The highest BCUT2D eigenvalue weighted by Crippen LogP contribution is 2.52. The molecular formula is C25H21F4N3O3S. The number of carbonyl (C=O) groups is 2. The van der Waals surface area contributed by atoms with Crippen molar-refractivity contribution in [3.63, 3.8) is 0 Å². The molecular weight excluding hydrogens is 498 g/mol. The van der Waals surface area contributed by atoms with Gasteiger partial charge in [-0.25, -0.2) is 9.37 Å². The molecule has 1 saturated heterocycles. The summed E-state index contributed by atoms with van der Waals surface area (Å²) in [6, 6.07) is 9.77. The summed E-state index contributed by atoms with van der Waals surface area (Å²) in [7, 11) is 0. The number of thiazole rings is 1. The maximum Gasteiger partial charge on any atom is 0.573 e. The largest absolute Gasteiger partial charge is 0.573 e. The molecule has 3 aromatic rings. The van der Waals surface area contributed by atoms with Crippen LogP contribution >= 0.6 is 11.3 Å². The number of benzene rings is 2. The van der Waals surface area contributed by atoms with Gasteiger partial charge in [-0.15, -0.1) is 24.5 Å². The summed E-state index contributed by atoms with van der Waals surface area (Å²) in [5.74, 6) is -1.06. The lowest BCUT2D eigenvalue weighted by Crippen LogP contribution is -2.64. The van der Waals surface area contributed by atoms with Crippen molar-refractivity contribution in [2.24, 2.45) is 11.3 Å². The number of nitrogens with one attached hydrogen (secondary N) is 1. The van der Waals surface area contributed by atoms with Crippen LogP contribution in [-0.2, 0) is 4.79 Å². The number of hydrogen-bond acceptors (Lipinski definition) is 5. The van der Waals surface area contributed by atoms with Gasteiger partial charge in [0.25, 0.3) is 5.91 Å². The van der Waals surface area contributed by atoms with Crippen molar-refractivity contribution in [2.45, 2.75) is 26.1 Å². The van der Waals surface area contributed by atoms with E-state index in [2.05, 4.69) is 15.0 Å². The first kappa shape index (κ1) is 24.2. The van der Waals surface area contributed by atoms with Gasteiger partial charge in [0.05, 0.1) is 6.20 Å². The second kappa shape index (κ2) is 8.88. The molecule has 0 unspecified atom stereocenters. The minimum absolute atomic E-state index is 0.0573. The fraction of sp³-hybridized carbons (Fsp3) is 0.320. The highest BCUT2D eigenvalue weighted by molar-refractivity contribution is 7.16. The quantitative estimate of drug-likeness (QED) is 0.443. The van der Waals surface area contributed by atoms with E-state index in [9.17, 15) is 27.2 Å². The molecule has 2 amide bonds. The van der Waals surface area contributed by atoms with E-state index in [0.717, 1.165) is 0 Å². The monoisotopic (exact) mass is 519 g/mol. The summed E-state index contributed by atoms with van der Waals surface area (Å²) in [5.41, 5.74) is 1.55. The van der Waals surface area contributed by atoms with E-state index in [1.807, 2.05) is 0 Å².